The van der Waals surface area contributed by atoms with Crippen molar-refractivity contribution in [3.05, 3.63) is 58.1 Å². The van der Waals surface area contributed by atoms with E-state index in [9.17, 15) is 4.79 Å². The number of nitrogens with zero attached hydrogens (tertiary/aromatic N) is 1. The third-order valence-corrected chi connectivity index (χ3v) is 4.25. The third-order valence-electron chi connectivity index (χ3n) is 3.01. The molecule has 0 saturated heterocycles. The van der Waals surface area contributed by atoms with Crippen molar-refractivity contribution in [1.29, 1.82) is 0 Å². The first-order valence-corrected chi connectivity index (χ1v) is 8.95. The highest BCUT2D eigenvalue weighted by atomic mass is 79.9. The molecule has 0 aromatic heterocycles. The second-order valence-electron chi connectivity index (χ2n) is 4.76. The van der Waals surface area contributed by atoms with Gasteiger partial charge in [-0.25, -0.2) is 5.43 Å². The van der Waals surface area contributed by atoms with Crippen molar-refractivity contribution in [2.24, 2.45) is 5.10 Å². The maximum absolute atomic E-state index is 11.7. The van der Waals surface area contributed by atoms with Crippen molar-refractivity contribution in [3.63, 3.8) is 0 Å². The molecule has 2 aromatic carbocycles. The van der Waals surface area contributed by atoms with Crippen LogP contribution in [0.3, 0.4) is 0 Å². The lowest BCUT2D eigenvalue weighted by Gasteiger charge is -2.08. The minimum Gasteiger partial charge on any atom is -0.483 e. The maximum atomic E-state index is 11.7. The summed E-state index contributed by atoms with van der Waals surface area (Å²) < 4.78 is 6.45. The molecule has 0 fully saturated rings. The van der Waals surface area contributed by atoms with E-state index in [0.717, 1.165) is 15.6 Å². The van der Waals surface area contributed by atoms with Crippen LogP contribution in [0.5, 0.6) is 5.75 Å². The molecule has 0 heterocycles. The summed E-state index contributed by atoms with van der Waals surface area (Å²) >= 11 is 5.07. The number of rotatable bonds is 6. The second-order valence-corrected chi connectivity index (χ2v) is 6.56. The predicted molar refractivity (Wildman–Crippen MR) is 98.3 cm³/mol. The number of halogens is 1. The van der Waals surface area contributed by atoms with Crippen molar-refractivity contribution in [1.82, 2.24) is 5.43 Å². The van der Waals surface area contributed by atoms with Crippen LogP contribution in [0.15, 0.2) is 56.9 Å². The van der Waals surface area contributed by atoms with E-state index in [0.29, 0.717) is 5.75 Å². The number of nitrogens with one attached hydrogen (secondary N) is 1. The number of thioether (sulfide) groups is 1. The molecule has 0 aliphatic rings. The van der Waals surface area contributed by atoms with E-state index in [2.05, 4.69) is 26.5 Å². The Morgan fingerprint density at radius 3 is 2.70 bits per heavy atom. The number of hydrogen-bond donors (Lipinski definition) is 1. The third kappa shape index (κ3) is 5.73. The van der Waals surface area contributed by atoms with E-state index >= 15 is 0 Å². The van der Waals surface area contributed by atoms with E-state index in [-0.39, 0.29) is 12.5 Å². The minimum atomic E-state index is -0.302. The van der Waals surface area contributed by atoms with Gasteiger partial charge in [0.1, 0.15) is 5.75 Å². The average molecular weight is 393 g/mol. The number of benzene rings is 2. The lowest BCUT2D eigenvalue weighted by molar-refractivity contribution is -0.123. The van der Waals surface area contributed by atoms with Gasteiger partial charge in [-0.3, -0.25) is 4.79 Å². The molecule has 0 bridgehead atoms. The van der Waals surface area contributed by atoms with E-state index in [1.807, 2.05) is 55.6 Å². The molecule has 0 aliphatic heterocycles. The fourth-order valence-electron chi connectivity index (χ4n) is 1.82. The molecule has 2 rings (SSSR count). The number of carbonyl (C=O) groups excluding carboxylic acids is 1. The molecule has 4 nitrogen and oxygen atoms in total. The smallest absolute Gasteiger partial charge is 0.277 e. The summed E-state index contributed by atoms with van der Waals surface area (Å²) in [6.45, 7) is 1.85. The quantitative estimate of drug-likeness (QED) is 0.459. The molecule has 0 atom stereocenters. The van der Waals surface area contributed by atoms with E-state index in [1.165, 1.54) is 4.90 Å². The van der Waals surface area contributed by atoms with Crippen LogP contribution in [-0.4, -0.2) is 25.0 Å². The highest BCUT2D eigenvalue weighted by Crippen LogP contribution is 2.21. The Kier molecular flexibility index (Phi) is 6.67. The zero-order valence-electron chi connectivity index (χ0n) is 12.9. The zero-order valence-corrected chi connectivity index (χ0v) is 15.3. The molecule has 0 radical (unpaired) electrons. The summed E-state index contributed by atoms with van der Waals surface area (Å²) in [4.78, 5) is 12.9. The zero-order chi connectivity index (χ0) is 16.7. The van der Waals surface area contributed by atoms with Crippen LogP contribution in [0.25, 0.3) is 0 Å². The lowest BCUT2D eigenvalue weighted by atomic mass is 10.2. The van der Waals surface area contributed by atoms with Crippen LogP contribution in [0.4, 0.5) is 0 Å². The van der Waals surface area contributed by atoms with Crippen LogP contribution < -0.4 is 10.2 Å². The van der Waals surface area contributed by atoms with Gasteiger partial charge in [0.15, 0.2) is 6.61 Å². The van der Waals surface area contributed by atoms with Gasteiger partial charge in [-0.05, 0) is 54.6 Å². The molecule has 0 saturated carbocycles. The van der Waals surface area contributed by atoms with E-state index in [4.69, 9.17) is 4.74 Å². The summed E-state index contributed by atoms with van der Waals surface area (Å²) in [5, 5.41) is 3.93. The number of amides is 1. The van der Waals surface area contributed by atoms with E-state index in [1.54, 1.807) is 18.0 Å². The van der Waals surface area contributed by atoms with Crippen LogP contribution in [0.1, 0.15) is 11.1 Å². The summed E-state index contributed by atoms with van der Waals surface area (Å²) in [5.74, 6) is 0.379. The summed E-state index contributed by atoms with van der Waals surface area (Å²) in [5.41, 5.74) is 4.34. The predicted octanol–water partition coefficient (Wildman–Crippen LogP) is 4.01. The van der Waals surface area contributed by atoms with Crippen LogP contribution in [-0.2, 0) is 4.79 Å². The molecule has 0 unspecified atom stereocenters. The lowest BCUT2D eigenvalue weighted by Crippen LogP contribution is -2.24. The maximum Gasteiger partial charge on any atom is 0.277 e. The minimum absolute atomic E-state index is 0.0781. The van der Waals surface area contributed by atoms with E-state index < -0.39 is 0 Å². The van der Waals surface area contributed by atoms with Gasteiger partial charge < -0.3 is 4.74 Å². The normalized spacial score (nSPS) is 10.7. The molecule has 1 amide bonds. The van der Waals surface area contributed by atoms with Gasteiger partial charge in [0.05, 0.1) is 6.21 Å². The van der Waals surface area contributed by atoms with Gasteiger partial charge in [0.25, 0.3) is 5.91 Å². The first kappa shape index (κ1) is 17.6. The standard InChI is InChI=1S/C17H17BrN2O2S/c1-12-9-14(18)5-8-16(12)22-11-17(21)20-19-10-13-3-6-15(23-2)7-4-13/h3-10H,11H2,1-2H3,(H,20,21). The average Bonchev–Trinajstić information content (AvgIpc) is 2.54. The number of ether oxygens (including phenoxy) is 1. The van der Waals surface area contributed by atoms with Crippen molar-refractivity contribution in [2.75, 3.05) is 12.9 Å². The van der Waals surface area contributed by atoms with Crippen LogP contribution in [0.2, 0.25) is 0 Å². The largest absolute Gasteiger partial charge is 0.483 e. The van der Waals surface area contributed by atoms with Gasteiger partial charge in [-0.15, -0.1) is 11.8 Å². The first-order valence-electron chi connectivity index (χ1n) is 6.93. The molecule has 1 N–H and O–H groups in total. The Morgan fingerprint density at radius 1 is 1.30 bits per heavy atom. The van der Waals surface area contributed by atoms with Gasteiger partial charge >= 0.3 is 0 Å². The topological polar surface area (TPSA) is 50.7 Å². The Balaban J connectivity index is 1.81. The molecule has 120 valence electrons. The van der Waals surface area contributed by atoms with Crippen LogP contribution >= 0.6 is 27.7 Å². The van der Waals surface area contributed by atoms with Crippen LogP contribution in [0, 0.1) is 6.92 Å². The number of aryl methyl sites for hydroxylation is 1. The molecule has 2 aromatic rings. The monoisotopic (exact) mass is 392 g/mol. The summed E-state index contributed by atoms with van der Waals surface area (Å²) in [6, 6.07) is 13.5. The fraction of sp³-hybridized carbons (Fsp3) is 0.176. The second kappa shape index (κ2) is 8.74. The Bertz CT molecular complexity index is 702. The van der Waals surface area contributed by atoms with Gasteiger partial charge in [-0.1, -0.05) is 28.1 Å². The molecule has 23 heavy (non-hydrogen) atoms. The molecular formula is C17H17BrN2O2S. The highest BCUT2D eigenvalue weighted by Gasteiger charge is 2.04. The molecule has 0 aliphatic carbocycles. The molecule has 0 spiro atoms. The Labute approximate surface area is 148 Å². The first-order chi connectivity index (χ1) is 11.1. The van der Waals surface area contributed by atoms with Crippen molar-refractivity contribution >= 4 is 39.8 Å². The van der Waals surface area contributed by atoms with Crippen molar-refractivity contribution in [2.45, 2.75) is 11.8 Å². The van der Waals surface area contributed by atoms with Gasteiger partial charge in [0.2, 0.25) is 0 Å². The highest BCUT2D eigenvalue weighted by molar-refractivity contribution is 9.10. The molecular weight excluding hydrogens is 376 g/mol. The number of hydrogen-bond acceptors (Lipinski definition) is 4. The summed E-state index contributed by atoms with van der Waals surface area (Å²) in [7, 11) is 0. The van der Waals surface area contributed by atoms with Gasteiger partial charge in [-0.2, -0.15) is 5.10 Å². The number of carbonyl (C=O) groups is 1. The van der Waals surface area contributed by atoms with Gasteiger partial charge in [0, 0.05) is 9.37 Å². The summed E-state index contributed by atoms with van der Waals surface area (Å²) in [6.07, 6.45) is 3.63. The van der Waals surface area contributed by atoms with Crippen molar-refractivity contribution in [3.8, 4) is 5.75 Å². The SMILES string of the molecule is CSc1ccc(C=NNC(=O)COc2ccc(Br)cc2C)cc1. The van der Waals surface area contributed by atoms with Crippen molar-refractivity contribution < 1.29 is 9.53 Å². The molecule has 6 heteroatoms. The number of hydrazone groups is 1. The fourth-order valence-corrected chi connectivity index (χ4v) is 2.70. The Morgan fingerprint density at radius 2 is 2.04 bits per heavy atom. The Hall–Kier alpha value is -1.79.